The molecule has 6 heteroatoms. The highest BCUT2D eigenvalue weighted by Crippen LogP contribution is 2.20. The predicted molar refractivity (Wildman–Crippen MR) is 107 cm³/mol. The summed E-state index contributed by atoms with van der Waals surface area (Å²) in [6.45, 7) is 3.94. The predicted octanol–water partition coefficient (Wildman–Crippen LogP) is 4.30. The zero-order valence-electron chi connectivity index (χ0n) is 14.3. The summed E-state index contributed by atoms with van der Waals surface area (Å²) in [5.74, 6) is 0.328. The topological polar surface area (TPSA) is 58.2 Å². The van der Waals surface area contributed by atoms with Crippen LogP contribution in [0.2, 0.25) is 0 Å². The van der Waals surface area contributed by atoms with Crippen molar-refractivity contribution in [3.05, 3.63) is 58.1 Å². The maximum Gasteiger partial charge on any atom is 0.243 e. The van der Waals surface area contributed by atoms with E-state index in [1.165, 1.54) is 5.56 Å². The van der Waals surface area contributed by atoms with Crippen LogP contribution in [0.25, 0.3) is 0 Å². The first-order chi connectivity index (χ1) is 11.9. The number of aryl methyl sites for hydroxylation is 2. The maximum absolute atomic E-state index is 11.9. The smallest absolute Gasteiger partial charge is 0.243 e. The average molecular weight is 421 g/mol. The number of rotatable bonds is 7. The van der Waals surface area contributed by atoms with Crippen LogP contribution in [0.15, 0.2) is 51.8 Å². The molecule has 0 aliphatic carbocycles. The van der Waals surface area contributed by atoms with Crippen LogP contribution in [-0.2, 0) is 9.59 Å². The Hall–Kier alpha value is -1.79. The van der Waals surface area contributed by atoms with Crippen molar-refractivity contribution in [2.24, 2.45) is 0 Å². The fourth-order valence-electron chi connectivity index (χ4n) is 2.13. The van der Waals surface area contributed by atoms with Crippen LogP contribution in [-0.4, -0.2) is 24.1 Å². The molecule has 2 amide bonds. The molecule has 132 valence electrons. The van der Waals surface area contributed by atoms with Gasteiger partial charge in [-0.15, -0.1) is 11.8 Å². The van der Waals surface area contributed by atoms with Crippen molar-refractivity contribution in [3.63, 3.8) is 0 Å². The van der Waals surface area contributed by atoms with E-state index >= 15 is 0 Å². The van der Waals surface area contributed by atoms with Gasteiger partial charge in [-0.1, -0.05) is 33.6 Å². The molecule has 0 fully saturated rings. The van der Waals surface area contributed by atoms with Crippen molar-refractivity contribution in [2.45, 2.75) is 25.2 Å². The van der Waals surface area contributed by atoms with Crippen molar-refractivity contribution >= 4 is 45.2 Å². The lowest BCUT2D eigenvalue weighted by Gasteiger charge is -2.09. The monoisotopic (exact) mass is 420 g/mol. The van der Waals surface area contributed by atoms with E-state index in [1.54, 1.807) is 11.8 Å². The zero-order valence-corrected chi connectivity index (χ0v) is 16.7. The Labute approximate surface area is 160 Å². The highest BCUT2D eigenvalue weighted by atomic mass is 79.9. The van der Waals surface area contributed by atoms with Gasteiger partial charge in [-0.3, -0.25) is 9.59 Å². The lowest BCUT2D eigenvalue weighted by molar-refractivity contribution is -0.123. The molecule has 0 aliphatic heterocycles. The van der Waals surface area contributed by atoms with Gasteiger partial charge in [-0.05, 0) is 49.7 Å². The molecule has 0 spiro atoms. The molecule has 0 aromatic heterocycles. The lowest BCUT2D eigenvalue weighted by Crippen LogP contribution is -2.33. The Balaban J connectivity index is 1.68. The number of carbonyl (C=O) groups is 2. The van der Waals surface area contributed by atoms with Crippen molar-refractivity contribution in [3.8, 4) is 0 Å². The third kappa shape index (κ3) is 6.92. The minimum atomic E-state index is -0.232. The van der Waals surface area contributed by atoms with Crippen LogP contribution < -0.4 is 10.6 Å². The van der Waals surface area contributed by atoms with Crippen LogP contribution in [0, 0.1) is 13.8 Å². The van der Waals surface area contributed by atoms with Gasteiger partial charge in [-0.25, -0.2) is 0 Å². The highest BCUT2D eigenvalue weighted by molar-refractivity contribution is 9.10. The van der Waals surface area contributed by atoms with Gasteiger partial charge in [0.25, 0.3) is 0 Å². The summed E-state index contributed by atoms with van der Waals surface area (Å²) in [4.78, 5) is 24.9. The number of hydrogen-bond donors (Lipinski definition) is 2. The van der Waals surface area contributed by atoms with Gasteiger partial charge in [0, 0.05) is 27.2 Å². The number of benzene rings is 2. The van der Waals surface area contributed by atoms with Gasteiger partial charge in [0.1, 0.15) is 0 Å². The van der Waals surface area contributed by atoms with Crippen LogP contribution >= 0.6 is 27.7 Å². The molecule has 0 aliphatic rings. The first kappa shape index (κ1) is 19.5. The zero-order chi connectivity index (χ0) is 18.2. The summed E-state index contributed by atoms with van der Waals surface area (Å²) in [6.07, 6.45) is 0.378. The highest BCUT2D eigenvalue weighted by Gasteiger charge is 2.08. The quantitative estimate of drug-likeness (QED) is 0.656. The molecule has 0 saturated heterocycles. The van der Waals surface area contributed by atoms with E-state index in [4.69, 9.17) is 0 Å². The Bertz CT molecular complexity index is 748. The van der Waals surface area contributed by atoms with E-state index in [0.29, 0.717) is 12.2 Å². The molecular formula is C19H21BrN2O2S. The summed E-state index contributed by atoms with van der Waals surface area (Å²) in [7, 11) is 0. The van der Waals surface area contributed by atoms with E-state index < -0.39 is 0 Å². The van der Waals surface area contributed by atoms with Gasteiger partial charge < -0.3 is 10.6 Å². The summed E-state index contributed by atoms with van der Waals surface area (Å²) in [6, 6.07) is 13.8. The Kier molecular flexibility index (Phi) is 7.52. The SMILES string of the molecule is Cc1ccc(SCCC(=O)NCC(=O)Nc2ccc(Br)cc2C)cc1. The summed E-state index contributed by atoms with van der Waals surface area (Å²) < 4.78 is 0.961. The molecule has 25 heavy (non-hydrogen) atoms. The lowest BCUT2D eigenvalue weighted by atomic mass is 10.2. The first-order valence-electron chi connectivity index (χ1n) is 7.96. The normalized spacial score (nSPS) is 10.4. The second kappa shape index (κ2) is 9.63. The molecule has 2 aromatic rings. The largest absolute Gasteiger partial charge is 0.347 e. The Morgan fingerprint density at radius 3 is 2.44 bits per heavy atom. The Morgan fingerprint density at radius 1 is 1.04 bits per heavy atom. The number of nitrogens with one attached hydrogen (secondary N) is 2. The minimum Gasteiger partial charge on any atom is -0.347 e. The molecule has 0 unspecified atom stereocenters. The Morgan fingerprint density at radius 2 is 1.76 bits per heavy atom. The van der Waals surface area contributed by atoms with E-state index in [9.17, 15) is 9.59 Å². The van der Waals surface area contributed by atoms with Gasteiger partial charge in [0.05, 0.1) is 6.54 Å². The molecule has 0 saturated carbocycles. The molecule has 2 N–H and O–H groups in total. The molecule has 2 aromatic carbocycles. The van der Waals surface area contributed by atoms with Crippen molar-refractivity contribution in [2.75, 3.05) is 17.6 Å². The molecule has 0 radical (unpaired) electrons. The van der Waals surface area contributed by atoms with Crippen molar-refractivity contribution < 1.29 is 9.59 Å². The summed E-state index contributed by atoms with van der Waals surface area (Å²) in [5, 5.41) is 5.46. The van der Waals surface area contributed by atoms with Crippen LogP contribution in [0.4, 0.5) is 5.69 Å². The van der Waals surface area contributed by atoms with E-state index in [0.717, 1.165) is 20.6 Å². The number of hydrogen-bond acceptors (Lipinski definition) is 3. The third-order valence-electron chi connectivity index (χ3n) is 3.53. The molecule has 0 atom stereocenters. The van der Waals surface area contributed by atoms with Crippen molar-refractivity contribution in [1.29, 1.82) is 0 Å². The molecule has 4 nitrogen and oxygen atoms in total. The van der Waals surface area contributed by atoms with Crippen molar-refractivity contribution in [1.82, 2.24) is 5.32 Å². The van der Waals surface area contributed by atoms with Crippen LogP contribution in [0.5, 0.6) is 0 Å². The number of amides is 2. The molecular weight excluding hydrogens is 400 g/mol. The standard InChI is InChI=1S/C19H21BrN2O2S/c1-13-3-6-16(7-4-13)25-10-9-18(23)21-12-19(24)22-17-8-5-15(20)11-14(17)2/h3-8,11H,9-10,12H2,1-2H3,(H,21,23)(H,22,24). The minimum absolute atomic E-state index is 0.0243. The molecule has 0 bridgehead atoms. The van der Waals surface area contributed by atoms with Gasteiger partial charge >= 0.3 is 0 Å². The molecule has 0 heterocycles. The fraction of sp³-hybridized carbons (Fsp3) is 0.263. The number of thioether (sulfide) groups is 1. The van der Waals surface area contributed by atoms with Gasteiger partial charge in [-0.2, -0.15) is 0 Å². The van der Waals surface area contributed by atoms with E-state index in [1.807, 2.05) is 44.2 Å². The maximum atomic E-state index is 11.9. The average Bonchev–Trinajstić information content (AvgIpc) is 2.57. The van der Waals surface area contributed by atoms with Gasteiger partial charge in [0.15, 0.2) is 0 Å². The molecule has 2 rings (SSSR count). The summed E-state index contributed by atoms with van der Waals surface area (Å²) >= 11 is 5.02. The second-order valence-corrected chi connectivity index (χ2v) is 7.78. The number of anilines is 1. The number of halogens is 1. The number of carbonyl (C=O) groups excluding carboxylic acids is 2. The first-order valence-corrected chi connectivity index (χ1v) is 9.74. The van der Waals surface area contributed by atoms with Crippen LogP contribution in [0.1, 0.15) is 17.5 Å². The second-order valence-electron chi connectivity index (χ2n) is 5.70. The third-order valence-corrected chi connectivity index (χ3v) is 5.03. The van der Waals surface area contributed by atoms with Crippen LogP contribution in [0.3, 0.4) is 0 Å². The van der Waals surface area contributed by atoms with E-state index in [2.05, 4.69) is 38.7 Å². The van der Waals surface area contributed by atoms with E-state index in [-0.39, 0.29) is 18.4 Å². The van der Waals surface area contributed by atoms with Gasteiger partial charge in [0.2, 0.25) is 11.8 Å². The summed E-state index contributed by atoms with van der Waals surface area (Å²) in [5.41, 5.74) is 2.93. The fourth-order valence-corrected chi connectivity index (χ4v) is 3.45.